The van der Waals surface area contributed by atoms with E-state index in [4.69, 9.17) is 9.47 Å². The molecule has 5 rings (SSSR count). The Morgan fingerprint density at radius 1 is 0.971 bits per heavy atom. The Bertz CT molecular complexity index is 1310. The van der Waals surface area contributed by atoms with Crippen molar-refractivity contribution in [3.63, 3.8) is 0 Å². The van der Waals surface area contributed by atoms with Crippen LogP contribution in [-0.2, 0) is 34.0 Å². The maximum Gasteiger partial charge on any atom is 0.286 e. The lowest BCUT2D eigenvalue weighted by Gasteiger charge is -2.29. The summed E-state index contributed by atoms with van der Waals surface area (Å²) in [5, 5.41) is 15.6. The molecule has 35 heavy (non-hydrogen) atoms. The van der Waals surface area contributed by atoms with Gasteiger partial charge in [-0.2, -0.15) is 0 Å². The molecule has 1 aliphatic heterocycles. The van der Waals surface area contributed by atoms with Gasteiger partial charge in [0.25, 0.3) is 5.91 Å². The molecule has 6 heteroatoms. The van der Waals surface area contributed by atoms with E-state index in [0.29, 0.717) is 19.6 Å². The second-order valence-electron chi connectivity index (χ2n) is 8.56. The number of rotatable bonds is 8. The number of hydrogen-bond acceptors (Lipinski definition) is 5. The normalized spacial score (nSPS) is 17.6. The molecule has 0 saturated carbocycles. The van der Waals surface area contributed by atoms with Gasteiger partial charge in [0, 0.05) is 23.6 Å². The smallest absolute Gasteiger partial charge is 0.286 e. The molecule has 0 spiro atoms. The Balaban J connectivity index is 1.34. The van der Waals surface area contributed by atoms with Crippen LogP contribution in [-0.4, -0.2) is 17.3 Å². The van der Waals surface area contributed by atoms with Crippen LogP contribution in [0.1, 0.15) is 34.6 Å². The number of benzene rings is 3. The van der Waals surface area contributed by atoms with E-state index < -0.39 is 6.29 Å². The Labute approximate surface area is 208 Å². The van der Waals surface area contributed by atoms with Gasteiger partial charge in [0.05, 0.1) is 13.2 Å². The van der Waals surface area contributed by atoms with Crippen LogP contribution in [0, 0.1) is 0 Å². The number of allylic oxidation sites excluding steroid dienone is 1. The summed E-state index contributed by atoms with van der Waals surface area (Å²) in [4.78, 5) is 13.1. The standard InChI is InChI=1S/C29H27NO4S/c31-17-21-10-12-22(13-11-21)18-33-28-15-23(25-19-35-27-9-5-4-8-24(25)27)14-26(34-28)29(32)30-16-20-6-2-1-3-7-20/h1-14,19,23,28,31H,15-18H2,(H,30,32)/t23-,28+/m0/s1. The largest absolute Gasteiger partial charge is 0.459 e. The molecule has 0 unspecified atom stereocenters. The molecule has 1 amide bonds. The molecule has 4 aromatic rings. The average molecular weight is 486 g/mol. The highest BCUT2D eigenvalue weighted by molar-refractivity contribution is 7.17. The Morgan fingerprint density at radius 2 is 1.71 bits per heavy atom. The van der Waals surface area contributed by atoms with Crippen molar-refractivity contribution in [2.45, 2.75) is 38.4 Å². The van der Waals surface area contributed by atoms with E-state index in [1.54, 1.807) is 11.3 Å². The number of fused-ring (bicyclic) bond motifs is 1. The molecule has 0 aliphatic carbocycles. The highest BCUT2D eigenvalue weighted by Crippen LogP contribution is 2.38. The minimum absolute atomic E-state index is 0.000796. The number of ether oxygens (including phenoxy) is 2. The fourth-order valence-electron chi connectivity index (χ4n) is 4.22. The summed E-state index contributed by atoms with van der Waals surface area (Å²) in [5.74, 6) is 0.0335. The first-order valence-electron chi connectivity index (χ1n) is 11.7. The summed E-state index contributed by atoms with van der Waals surface area (Å²) in [5.41, 5.74) is 4.04. The second kappa shape index (κ2) is 10.9. The van der Waals surface area contributed by atoms with Gasteiger partial charge in [0.1, 0.15) is 0 Å². The van der Waals surface area contributed by atoms with Crippen molar-refractivity contribution >= 4 is 27.3 Å². The molecule has 0 fully saturated rings. The molecule has 1 aromatic heterocycles. The average Bonchev–Trinajstić information content (AvgIpc) is 3.35. The van der Waals surface area contributed by atoms with Crippen molar-refractivity contribution in [3.8, 4) is 0 Å². The number of nitrogens with one attached hydrogen (secondary N) is 1. The lowest BCUT2D eigenvalue weighted by molar-refractivity contribution is -0.150. The van der Waals surface area contributed by atoms with Gasteiger partial charge in [-0.3, -0.25) is 4.79 Å². The van der Waals surface area contributed by atoms with Crippen molar-refractivity contribution in [2.24, 2.45) is 0 Å². The first kappa shape index (κ1) is 23.3. The zero-order chi connectivity index (χ0) is 24.0. The monoisotopic (exact) mass is 485 g/mol. The van der Waals surface area contributed by atoms with Crippen LogP contribution in [0.5, 0.6) is 0 Å². The van der Waals surface area contributed by atoms with Crippen molar-refractivity contribution in [2.75, 3.05) is 0 Å². The Hall–Kier alpha value is -3.45. The van der Waals surface area contributed by atoms with Gasteiger partial charge in [-0.05, 0) is 45.2 Å². The number of amides is 1. The number of hydrogen-bond donors (Lipinski definition) is 2. The van der Waals surface area contributed by atoms with E-state index in [9.17, 15) is 9.90 Å². The minimum atomic E-state index is -0.557. The second-order valence-corrected chi connectivity index (χ2v) is 9.47. The van der Waals surface area contributed by atoms with Crippen molar-refractivity contribution < 1.29 is 19.4 Å². The molecule has 2 heterocycles. The van der Waals surface area contributed by atoms with E-state index >= 15 is 0 Å². The number of carbonyl (C=O) groups excluding carboxylic acids is 1. The minimum Gasteiger partial charge on any atom is -0.459 e. The quantitative estimate of drug-likeness (QED) is 0.339. The van der Waals surface area contributed by atoms with Crippen molar-refractivity contribution in [3.05, 3.63) is 118 Å². The van der Waals surface area contributed by atoms with Crippen LogP contribution in [0.2, 0.25) is 0 Å². The molecule has 0 radical (unpaired) electrons. The van der Waals surface area contributed by atoms with Gasteiger partial charge in [0.15, 0.2) is 5.76 Å². The first-order valence-corrected chi connectivity index (χ1v) is 12.5. The fraction of sp³-hybridized carbons (Fsp3) is 0.207. The predicted molar refractivity (Wildman–Crippen MR) is 138 cm³/mol. The summed E-state index contributed by atoms with van der Waals surface area (Å²) in [6.45, 7) is 0.789. The maximum absolute atomic E-state index is 13.1. The summed E-state index contributed by atoms with van der Waals surface area (Å²) >= 11 is 1.71. The Morgan fingerprint density at radius 3 is 2.51 bits per heavy atom. The lowest BCUT2D eigenvalue weighted by Crippen LogP contribution is -2.32. The van der Waals surface area contributed by atoms with Gasteiger partial charge in [-0.15, -0.1) is 11.3 Å². The van der Waals surface area contributed by atoms with Crippen molar-refractivity contribution in [1.29, 1.82) is 0 Å². The molecule has 3 aromatic carbocycles. The number of aliphatic hydroxyl groups excluding tert-OH is 1. The number of thiophene rings is 1. The third kappa shape index (κ3) is 5.62. The lowest BCUT2D eigenvalue weighted by atomic mass is 9.92. The van der Waals surface area contributed by atoms with E-state index in [1.807, 2.05) is 72.8 Å². The molecular formula is C29H27NO4S. The number of aliphatic hydroxyl groups is 1. The summed E-state index contributed by atoms with van der Waals surface area (Å²) in [6, 6.07) is 25.7. The predicted octanol–water partition coefficient (Wildman–Crippen LogP) is 5.64. The Kier molecular flexibility index (Phi) is 7.23. The highest BCUT2D eigenvalue weighted by atomic mass is 32.1. The van der Waals surface area contributed by atoms with E-state index in [-0.39, 0.29) is 24.2 Å². The van der Waals surface area contributed by atoms with Gasteiger partial charge in [0.2, 0.25) is 6.29 Å². The van der Waals surface area contributed by atoms with Crippen LogP contribution in [0.15, 0.2) is 96.1 Å². The van der Waals surface area contributed by atoms with Crippen molar-refractivity contribution in [1.82, 2.24) is 5.32 Å². The van der Waals surface area contributed by atoms with E-state index in [2.05, 4.69) is 22.8 Å². The molecule has 2 atom stereocenters. The summed E-state index contributed by atoms with van der Waals surface area (Å²) < 4.78 is 13.4. The van der Waals surface area contributed by atoms with E-state index in [1.165, 1.54) is 15.6 Å². The van der Waals surface area contributed by atoms with Crippen LogP contribution in [0.3, 0.4) is 0 Å². The molecule has 0 saturated heterocycles. The molecular weight excluding hydrogens is 458 g/mol. The maximum atomic E-state index is 13.1. The number of carbonyl (C=O) groups is 1. The highest BCUT2D eigenvalue weighted by Gasteiger charge is 2.30. The zero-order valence-corrected chi connectivity index (χ0v) is 20.0. The van der Waals surface area contributed by atoms with Crippen LogP contribution in [0.4, 0.5) is 0 Å². The fourth-order valence-corrected chi connectivity index (χ4v) is 5.24. The third-order valence-corrected chi connectivity index (χ3v) is 7.11. The van der Waals surface area contributed by atoms with Crippen LogP contribution in [0.25, 0.3) is 10.1 Å². The molecule has 178 valence electrons. The summed E-state index contributed by atoms with van der Waals surface area (Å²) in [7, 11) is 0. The SMILES string of the molecule is O=C(NCc1ccccc1)C1=C[C@H](c2csc3ccccc23)C[C@H](OCc2ccc(CO)cc2)O1. The van der Waals surface area contributed by atoms with Crippen LogP contribution < -0.4 is 5.32 Å². The molecule has 1 aliphatic rings. The molecule has 2 N–H and O–H groups in total. The van der Waals surface area contributed by atoms with Gasteiger partial charge < -0.3 is 19.9 Å². The molecule has 0 bridgehead atoms. The molecule has 5 nitrogen and oxygen atoms in total. The van der Waals surface area contributed by atoms with Gasteiger partial charge >= 0.3 is 0 Å². The zero-order valence-electron chi connectivity index (χ0n) is 19.2. The first-order chi connectivity index (χ1) is 17.2. The summed E-state index contributed by atoms with van der Waals surface area (Å²) in [6.07, 6.45) is 1.98. The van der Waals surface area contributed by atoms with Gasteiger partial charge in [-0.25, -0.2) is 0 Å². The topological polar surface area (TPSA) is 67.8 Å². The van der Waals surface area contributed by atoms with Gasteiger partial charge in [-0.1, -0.05) is 72.8 Å². The van der Waals surface area contributed by atoms with E-state index in [0.717, 1.165) is 16.7 Å². The van der Waals surface area contributed by atoms with Crippen LogP contribution >= 0.6 is 11.3 Å². The third-order valence-electron chi connectivity index (χ3n) is 6.13.